The molecule has 1 saturated carbocycles. The molecule has 1 aliphatic rings. The summed E-state index contributed by atoms with van der Waals surface area (Å²) in [7, 11) is 0. The van der Waals surface area contributed by atoms with Crippen LogP contribution in [0, 0.1) is 6.92 Å². The second kappa shape index (κ2) is 9.98. The lowest BCUT2D eigenvalue weighted by Gasteiger charge is -2.11. The molecule has 1 heterocycles. The summed E-state index contributed by atoms with van der Waals surface area (Å²) in [6.45, 7) is 3.51. The number of ether oxygens (including phenoxy) is 1. The van der Waals surface area contributed by atoms with Gasteiger partial charge in [0.15, 0.2) is 6.10 Å². The van der Waals surface area contributed by atoms with Gasteiger partial charge in [-0.15, -0.1) is 0 Å². The first-order valence-electron chi connectivity index (χ1n) is 9.71. The first-order valence-corrected chi connectivity index (χ1v) is 10.5. The quantitative estimate of drug-likeness (QED) is 0.482. The maximum atomic E-state index is 12.1. The molecule has 3 amide bonds. The van der Waals surface area contributed by atoms with Crippen LogP contribution in [0.2, 0.25) is 10.2 Å². The number of esters is 1. The van der Waals surface area contributed by atoms with E-state index in [1.54, 1.807) is 17.7 Å². The molecule has 1 aromatic heterocycles. The number of hydrogen-bond acceptors (Lipinski definition) is 5. The largest absolute Gasteiger partial charge is 0.449 e. The summed E-state index contributed by atoms with van der Waals surface area (Å²) in [5.41, 5.74) is 2.02. The van der Waals surface area contributed by atoms with Crippen LogP contribution in [0.5, 0.6) is 0 Å². The maximum absolute atomic E-state index is 12.1. The summed E-state index contributed by atoms with van der Waals surface area (Å²) in [6.07, 6.45) is 3.29. The molecule has 10 heteroatoms. The number of aromatic nitrogens is 2. The number of aryl methyl sites for hydroxylation is 1. The molecule has 0 bridgehead atoms. The molecule has 1 aromatic carbocycles. The Kier molecular flexibility index (Phi) is 7.35. The van der Waals surface area contributed by atoms with E-state index in [-0.39, 0.29) is 6.04 Å². The smallest absolute Gasteiger partial charge is 0.331 e. The standard InChI is InChI=1S/C21H22Cl2N4O4/c1-12-16(19(23)27(26-12)11-14-5-3-4-6-17(14)22)9-10-18(28)31-13(2)20(29)25-21(30)24-15-7-8-15/h3-6,9-10,13,15H,7-8,11H2,1-2H3,(H2,24,25,29,30). The number of carbonyl (C=O) groups excluding carboxylic acids is 3. The lowest BCUT2D eigenvalue weighted by atomic mass is 10.2. The zero-order valence-electron chi connectivity index (χ0n) is 17.0. The summed E-state index contributed by atoms with van der Waals surface area (Å²) in [4.78, 5) is 35.7. The molecule has 0 spiro atoms. The molecule has 1 fully saturated rings. The van der Waals surface area contributed by atoms with E-state index < -0.39 is 24.0 Å². The van der Waals surface area contributed by atoms with Gasteiger partial charge in [-0.05, 0) is 44.4 Å². The van der Waals surface area contributed by atoms with Crippen molar-refractivity contribution in [2.75, 3.05) is 0 Å². The second-order valence-electron chi connectivity index (χ2n) is 7.19. The number of halogens is 2. The Balaban J connectivity index is 1.58. The topological polar surface area (TPSA) is 102 Å². The lowest BCUT2D eigenvalue weighted by Crippen LogP contribution is -2.45. The van der Waals surface area contributed by atoms with E-state index in [9.17, 15) is 14.4 Å². The summed E-state index contributed by atoms with van der Waals surface area (Å²) >= 11 is 12.6. The van der Waals surface area contributed by atoms with Gasteiger partial charge in [0.2, 0.25) is 0 Å². The van der Waals surface area contributed by atoms with Gasteiger partial charge in [-0.25, -0.2) is 14.3 Å². The van der Waals surface area contributed by atoms with Gasteiger partial charge in [0.1, 0.15) is 5.15 Å². The third-order valence-electron chi connectivity index (χ3n) is 4.58. The lowest BCUT2D eigenvalue weighted by molar-refractivity contribution is -0.149. The Labute approximate surface area is 189 Å². The first kappa shape index (κ1) is 22.8. The van der Waals surface area contributed by atoms with Crippen molar-refractivity contribution < 1.29 is 19.1 Å². The summed E-state index contributed by atoms with van der Waals surface area (Å²) in [5, 5.41) is 10.1. The Bertz CT molecular complexity index is 1030. The highest BCUT2D eigenvalue weighted by molar-refractivity contribution is 6.32. The molecule has 0 radical (unpaired) electrons. The van der Waals surface area contributed by atoms with Crippen LogP contribution in [0.3, 0.4) is 0 Å². The monoisotopic (exact) mass is 464 g/mol. The molecule has 8 nitrogen and oxygen atoms in total. The highest BCUT2D eigenvalue weighted by Crippen LogP contribution is 2.24. The third-order valence-corrected chi connectivity index (χ3v) is 5.35. The molecule has 1 unspecified atom stereocenters. The number of rotatable bonds is 7. The van der Waals surface area contributed by atoms with Gasteiger partial charge in [0.05, 0.1) is 12.2 Å². The number of urea groups is 1. The molecule has 0 aliphatic heterocycles. The molecular weight excluding hydrogens is 443 g/mol. The van der Waals surface area contributed by atoms with Crippen LogP contribution in [0.1, 0.15) is 36.6 Å². The summed E-state index contributed by atoms with van der Waals surface area (Å²) < 4.78 is 6.63. The Morgan fingerprint density at radius 3 is 2.68 bits per heavy atom. The Hall–Kier alpha value is -2.84. The van der Waals surface area contributed by atoms with Crippen molar-refractivity contribution in [1.82, 2.24) is 20.4 Å². The fourth-order valence-corrected chi connectivity index (χ4v) is 3.22. The van der Waals surface area contributed by atoms with E-state index >= 15 is 0 Å². The normalized spacial score (nSPS) is 14.3. The van der Waals surface area contributed by atoms with Crippen LogP contribution >= 0.6 is 23.2 Å². The molecule has 1 aliphatic carbocycles. The zero-order chi connectivity index (χ0) is 22.5. The number of hydrogen-bond donors (Lipinski definition) is 2. The number of carbonyl (C=O) groups is 3. The predicted octanol–water partition coefficient (Wildman–Crippen LogP) is 3.48. The van der Waals surface area contributed by atoms with Gasteiger partial charge in [-0.1, -0.05) is 41.4 Å². The first-order chi connectivity index (χ1) is 14.7. The van der Waals surface area contributed by atoms with Crippen LogP contribution in [-0.4, -0.2) is 39.8 Å². The fourth-order valence-electron chi connectivity index (χ4n) is 2.73. The number of amides is 3. The van der Waals surface area contributed by atoms with Crippen molar-refractivity contribution in [2.24, 2.45) is 0 Å². The minimum absolute atomic E-state index is 0.111. The molecule has 164 valence electrons. The van der Waals surface area contributed by atoms with Crippen molar-refractivity contribution in [2.45, 2.75) is 45.4 Å². The Morgan fingerprint density at radius 2 is 2.00 bits per heavy atom. The number of nitrogens with one attached hydrogen (secondary N) is 2. The van der Waals surface area contributed by atoms with Crippen molar-refractivity contribution >= 4 is 47.2 Å². The molecule has 1 atom stereocenters. The van der Waals surface area contributed by atoms with E-state index in [0.29, 0.717) is 28.0 Å². The molecule has 3 rings (SSSR count). The van der Waals surface area contributed by atoms with Gasteiger partial charge in [-0.2, -0.15) is 5.10 Å². The van der Waals surface area contributed by atoms with Crippen LogP contribution in [0.15, 0.2) is 30.3 Å². The van der Waals surface area contributed by atoms with Crippen molar-refractivity contribution in [3.8, 4) is 0 Å². The summed E-state index contributed by atoms with van der Waals surface area (Å²) in [5.74, 6) is -1.46. The predicted molar refractivity (Wildman–Crippen MR) is 117 cm³/mol. The SMILES string of the molecule is Cc1nn(Cc2ccccc2Cl)c(Cl)c1C=CC(=O)OC(C)C(=O)NC(=O)NC1CC1. The average Bonchev–Trinajstić information content (AvgIpc) is 3.47. The minimum atomic E-state index is -1.14. The van der Waals surface area contributed by atoms with Gasteiger partial charge < -0.3 is 10.1 Å². The number of benzene rings is 1. The molecule has 2 N–H and O–H groups in total. The number of nitrogens with zero attached hydrogens (tertiary/aromatic N) is 2. The molecular formula is C21H22Cl2N4O4. The van der Waals surface area contributed by atoms with Crippen LogP contribution in [0.25, 0.3) is 6.08 Å². The molecule has 31 heavy (non-hydrogen) atoms. The molecule has 2 aromatic rings. The van der Waals surface area contributed by atoms with Gasteiger partial charge in [0.25, 0.3) is 5.91 Å². The van der Waals surface area contributed by atoms with Crippen molar-refractivity contribution in [3.63, 3.8) is 0 Å². The van der Waals surface area contributed by atoms with Crippen LogP contribution < -0.4 is 10.6 Å². The van der Waals surface area contributed by atoms with E-state index in [2.05, 4.69) is 15.7 Å². The maximum Gasteiger partial charge on any atom is 0.331 e. The zero-order valence-corrected chi connectivity index (χ0v) is 18.5. The van der Waals surface area contributed by atoms with Gasteiger partial charge >= 0.3 is 12.0 Å². The summed E-state index contributed by atoms with van der Waals surface area (Å²) in [6, 6.07) is 6.88. The molecule has 0 saturated heterocycles. The highest BCUT2D eigenvalue weighted by atomic mass is 35.5. The van der Waals surface area contributed by atoms with E-state index in [4.69, 9.17) is 27.9 Å². The van der Waals surface area contributed by atoms with Crippen molar-refractivity contribution in [3.05, 3.63) is 57.3 Å². The number of imide groups is 1. The Morgan fingerprint density at radius 1 is 1.29 bits per heavy atom. The van der Waals surface area contributed by atoms with Crippen LogP contribution in [0.4, 0.5) is 4.79 Å². The van der Waals surface area contributed by atoms with E-state index in [1.165, 1.54) is 13.0 Å². The third kappa shape index (κ3) is 6.32. The minimum Gasteiger partial charge on any atom is -0.449 e. The van der Waals surface area contributed by atoms with Gasteiger partial charge in [-0.3, -0.25) is 10.1 Å². The van der Waals surface area contributed by atoms with Gasteiger partial charge in [0, 0.05) is 22.7 Å². The van der Waals surface area contributed by atoms with Crippen LogP contribution in [-0.2, 0) is 20.9 Å². The van der Waals surface area contributed by atoms with E-state index in [1.807, 2.05) is 18.2 Å². The van der Waals surface area contributed by atoms with E-state index in [0.717, 1.165) is 24.5 Å². The fraction of sp³-hybridized carbons (Fsp3) is 0.333. The van der Waals surface area contributed by atoms with Crippen molar-refractivity contribution in [1.29, 1.82) is 0 Å². The second-order valence-corrected chi connectivity index (χ2v) is 7.95. The average molecular weight is 465 g/mol. The highest BCUT2D eigenvalue weighted by Gasteiger charge is 2.25.